The van der Waals surface area contributed by atoms with Gasteiger partial charge in [-0.05, 0) is 25.7 Å². The van der Waals surface area contributed by atoms with Crippen LogP contribution >= 0.6 is 0 Å². The molecule has 0 spiro atoms. The number of rotatable bonds is 2. The van der Waals surface area contributed by atoms with Crippen molar-refractivity contribution >= 4 is 11.9 Å². The van der Waals surface area contributed by atoms with E-state index >= 15 is 0 Å². The van der Waals surface area contributed by atoms with Gasteiger partial charge in [0.15, 0.2) is 0 Å². The molecule has 0 saturated heterocycles. The molecular formula is C9H15NO4. The zero-order chi connectivity index (χ0) is 11.1. The van der Waals surface area contributed by atoms with Gasteiger partial charge in [0.1, 0.15) is 5.54 Å². The van der Waals surface area contributed by atoms with E-state index in [1.807, 2.05) is 0 Å². The summed E-state index contributed by atoms with van der Waals surface area (Å²) in [7, 11) is 0. The molecule has 0 bridgehead atoms. The second-order valence-corrected chi connectivity index (χ2v) is 4.49. The van der Waals surface area contributed by atoms with Crippen LogP contribution in [-0.2, 0) is 9.59 Å². The summed E-state index contributed by atoms with van der Waals surface area (Å²) in [6, 6.07) is 0. The summed E-state index contributed by atoms with van der Waals surface area (Å²) in [4.78, 5) is 21.9. The molecule has 14 heavy (non-hydrogen) atoms. The van der Waals surface area contributed by atoms with Crippen LogP contribution in [0.2, 0.25) is 0 Å². The van der Waals surface area contributed by atoms with Gasteiger partial charge in [0, 0.05) is 0 Å². The summed E-state index contributed by atoms with van der Waals surface area (Å²) >= 11 is 0. The number of hydrogen-bond acceptors (Lipinski definition) is 3. The summed E-state index contributed by atoms with van der Waals surface area (Å²) in [6.45, 7) is 3.23. The average molecular weight is 201 g/mol. The van der Waals surface area contributed by atoms with E-state index in [2.05, 4.69) is 0 Å². The van der Waals surface area contributed by atoms with Crippen molar-refractivity contribution in [3.05, 3.63) is 0 Å². The monoisotopic (exact) mass is 201 g/mol. The fourth-order valence-electron chi connectivity index (χ4n) is 2.20. The van der Waals surface area contributed by atoms with Crippen molar-refractivity contribution in [1.82, 2.24) is 0 Å². The van der Waals surface area contributed by atoms with E-state index in [1.54, 1.807) is 13.8 Å². The Morgan fingerprint density at radius 2 is 1.86 bits per heavy atom. The largest absolute Gasteiger partial charge is 0.481 e. The molecule has 5 heteroatoms. The summed E-state index contributed by atoms with van der Waals surface area (Å²) in [5.41, 5.74) is 3.29. The van der Waals surface area contributed by atoms with Crippen LogP contribution in [0.15, 0.2) is 0 Å². The number of carboxylic acids is 2. The lowest BCUT2D eigenvalue weighted by atomic mass is 9.86. The lowest BCUT2D eigenvalue weighted by Gasteiger charge is -2.24. The first kappa shape index (κ1) is 11.0. The standard InChI is InChI=1S/C9H15NO4/c1-5-3-8(2,6(11)12)4-9(5,10)7(13)14/h5H,3-4,10H2,1-2H3,(H,11,12)(H,13,14)/t5-,8-,9+/m1/s1. The van der Waals surface area contributed by atoms with Gasteiger partial charge in [-0.2, -0.15) is 0 Å². The van der Waals surface area contributed by atoms with Crippen LogP contribution in [0.1, 0.15) is 26.7 Å². The Balaban J connectivity index is 2.99. The number of carbonyl (C=O) groups is 2. The van der Waals surface area contributed by atoms with Gasteiger partial charge in [-0.15, -0.1) is 0 Å². The molecule has 80 valence electrons. The fraction of sp³-hybridized carbons (Fsp3) is 0.778. The van der Waals surface area contributed by atoms with E-state index < -0.39 is 22.9 Å². The second-order valence-electron chi connectivity index (χ2n) is 4.49. The van der Waals surface area contributed by atoms with E-state index in [4.69, 9.17) is 15.9 Å². The zero-order valence-corrected chi connectivity index (χ0v) is 8.28. The SMILES string of the molecule is C[C@@H]1C[C@@](C)(C(=O)O)C[C@@]1(N)C(=O)O. The van der Waals surface area contributed by atoms with Gasteiger partial charge < -0.3 is 15.9 Å². The highest BCUT2D eigenvalue weighted by Crippen LogP contribution is 2.46. The van der Waals surface area contributed by atoms with Crippen LogP contribution in [-0.4, -0.2) is 27.7 Å². The van der Waals surface area contributed by atoms with Crippen molar-refractivity contribution in [1.29, 1.82) is 0 Å². The molecule has 0 aliphatic heterocycles. The number of hydrogen-bond donors (Lipinski definition) is 3. The maximum atomic E-state index is 10.9. The van der Waals surface area contributed by atoms with Crippen molar-refractivity contribution in [2.75, 3.05) is 0 Å². The van der Waals surface area contributed by atoms with Crippen LogP contribution in [0.4, 0.5) is 0 Å². The molecule has 0 heterocycles. The molecule has 1 fully saturated rings. The normalized spacial score (nSPS) is 42.4. The van der Waals surface area contributed by atoms with E-state index in [0.29, 0.717) is 6.42 Å². The molecule has 0 amide bonds. The summed E-state index contributed by atoms with van der Waals surface area (Å²) < 4.78 is 0. The van der Waals surface area contributed by atoms with Gasteiger partial charge in [-0.1, -0.05) is 6.92 Å². The number of nitrogens with two attached hydrogens (primary N) is 1. The van der Waals surface area contributed by atoms with Crippen LogP contribution in [0, 0.1) is 11.3 Å². The van der Waals surface area contributed by atoms with Crippen molar-refractivity contribution in [2.45, 2.75) is 32.2 Å². The van der Waals surface area contributed by atoms with Gasteiger partial charge in [0.25, 0.3) is 0 Å². The Morgan fingerprint density at radius 3 is 2.07 bits per heavy atom. The number of aliphatic carboxylic acids is 2. The summed E-state index contributed by atoms with van der Waals surface area (Å²) in [5.74, 6) is -2.41. The molecule has 4 N–H and O–H groups in total. The molecule has 0 radical (unpaired) electrons. The smallest absolute Gasteiger partial charge is 0.323 e. The molecule has 3 atom stereocenters. The fourth-order valence-corrected chi connectivity index (χ4v) is 2.20. The van der Waals surface area contributed by atoms with Gasteiger partial charge in [0.05, 0.1) is 5.41 Å². The Morgan fingerprint density at radius 1 is 1.36 bits per heavy atom. The molecule has 0 aromatic rings. The average Bonchev–Trinajstić information content (AvgIpc) is 2.25. The van der Waals surface area contributed by atoms with Crippen molar-refractivity contribution in [3.8, 4) is 0 Å². The minimum absolute atomic E-state index is 0.00810. The Hall–Kier alpha value is -1.10. The lowest BCUT2D eigenvalue weighted by molar-refractivity contribution is -0.148. The van der Waals surface area contributed by atoms with E-state index in [9.17, 15) is 9.59 Å². The van der Waals surface area contributed by atoms with Gasteiger partial charge in [-0.3, -0.25) is 9.59 Å². The van der Waals surface area contributed by atoms with Crippen LogP contribution in [0.25, 0.3) is 0 Å². The molecule has 1 saturated carbocycles. The zero-order valence-electron chi connectivity index (χ0n) is 8.28. The second kappa shape index (κ2) is 2.95. The highest BCUT2D eigenvalue weighted by Gasteiger charge is 2.56. The maximum Gasteiger partial charge on any atom is 0.323 e. The first-order valence-electron chi connectivity index (χ1n) is 4.48. The predicted molar refractivity (Wildman–Crippen MR) is 48.7 cm³/mol. The molecule has 1 aliphatic rings. The molecular weight excluding hydrogens is 186 g/mol. The molecule has 0 aromatic carbocycles. The minimum atomic E-state index is -1.40. The first-order valence-corrected chi connectivity index (χ1v) is 4.48. The highest BCUT2D eigenvalue weighted by molar-refractivity contribution is 5.83. The van der Waals surface area contributed by atoms with Crippen LogP contribution in [0.3, 0.4) is 0 Å². The van der Waals surface area contributed by atoms with Crippen LogP contribution < -0.4 is 5.73 Å². The third-order valence-electron chi connectivity index (χ3n) is 3.23. The Labute approximate surface area is 81.9 Å². The van der Waals surface area contributed by atoms with Gasteiger partial charge in [-0.25, -0.2) is 0 Å². The topological polar surface area (TPSA) is 101 Å². The van der Waals surface area contributed by atoms with Gasteiger partial charge in [0.2, 0.25) is 0 Å². The van der Waals surface area contributed by atoms with Crippen molar-refractivity contribution in [3.63, 3.8) is 0 Å². The quantitative estimate of drug-likeness (QED) is 0.596. The lowest BCUT2D eigenvalue weighted by Crippen LogP contribution is -2.50. The Bertz CT molecular complexity index is 291. The van der Waals surface area contributed by atoms with Gasteiger partial charge >= 0.3 is 11.9 Å². The molecule has 1 rings (SSSR count). The summed E-state index contributed by atoms with van der Waals surface area (Å²) in [6.07, 6.45) is 0.303. The first-order chi connectivity index (χ1) is 6.22. The van der Waals surface area contributed by atoms with Crippen molar-refractivity contribution < 1.29 is 19.8 Å². The maximum absolute atomic E-state index is 10.9. The minimum Gasteiger partial charge on any atom is -0.481 e. The molecule has 1 aliphatic carbocycles. The highest BCUT2D eigenvalue weighted by atomic mass is 16.4. The van der Waals surface area contributed by atoms with Crippen molar-refractivity contribution in [2.24, 2.45) is 17.1 Å². The third-order valence-corrected chi connectivity index (χ3v) is 3.23. The van der Waals surface area contributed by atoms with E-state index in [1.165, 1.54) is 0 Å². The third kappa shape index (κ3) is 1.37. The molecule has 0 aromatic heterocycles. The number of carboxylic acid groups (broad SMARTS) is 2. The Kier molecular flexibility index (Phi) is 2.31. The molecule has 5 nitrogen and oxygen atoms in total. The summed E-state index contributed by atoms with van der Waals surface area (Å²) in [5, 5.41) is 17.9. The van der Waals surface area contributed by atoms with Crippen LogP contribution in [0.5, 0.6) is 0 Å². The van der Waals surface area contributed by atoms with E-state index in [-0.39, 0.29) is 12.3 Å². The molecule has 0 unspecified atom stereocenters. The predicted octanol–water partition coefficient (Wildman–Crippen LogP) is 0.289. The van der Waals surface area contributed by atoms with E-state index in [0.717, 1.165) is 0 Å².